The normalized spacial score (nSPS) is 51.4. The molecule has 16 nitrogen and oxygen atoms in total. The lowest BCUT2D eigenvalue weighted by Gasteiger charge is -2.77. The lowest BCUT2D eigenvalue weighted by Crippen LogP contribution is -2.87. The molecule has 17 heteroatoms. The van der Waals surface area contributed by atoms with Gasteiger partial charge in [0.05, 0.1) is 62.3 Å². The summed E-state index contributed by atoms with van der Waals surface area (Å²) in [7, 11) is 3.75. The molecule has 11 heterocycles. The maximum Gasteiger partial charge on any atom is 0.314 e. The Hall–Kier alpha value is -2.84. The van der Waals surface area contributed by atoms with Crippen molar-refractivity contribution in [3.05, 3.63) is 66.2 Å². The van der Waals surface area contributed by atoms with E-state index in [2.05, 4.69) is 53.1 Å². The van der Waals surface area contributed by atoms with E-state index in [0.29, 0.717) is 49.4 Å². The van der Waals surface area contributed by atoms with Crippen LogP contribution in [0.1, 0.15) is 138 Å². The number of ketones is 2. The third kappa shape index (κ3) is 7.09. The SMILES string of the molecule is C1=COCCC1.C=C1C(=O)[C@@]23[C@@H]4OC(C)(C)O[C@@]25OC[C@]2(C6=C(C[C@H]7CCCO[C@H]7O6)CC(C)(C)[C@H]2[C@@H]5O)[C@@H]3CC[C@@H]14.C=C1C(=O)[C@@]23[C@@H]4OC([CH2+])(C)O[C@@]25OC[C@]2(C6=C(C[C@@H]7CCCO[C@@H]7O6)CC(C)(C)[C@H]2[C@@H]5O)[C@@H]3CC[C@@H]14.CNC.Cl. The number of carbonyl (C=O) groups excluding carboxylic acids is 2. The van der Waals surface area contributed by atoms with Crippen molar-refractivity contribution < 1.29 is 71.9 Å². The van der Waals surface area contributed by atoms with E-state index in [0.717, 1.165) is 95.2 Å². The van der Waals surface area contributed by atoms with E-state index in [1.165, 1.54) is 24.0 Å². The second kappa shape index (κ2) is 19.1. The van der Waals surface area contributed by atoms with Gasteiger partial charge in [0.1, 0.15) is 41.5 Å². The first-order chi connectivity index (χ1) is 38.4. The monoisotopic (exact) mass is 1160 g/mol. The van der Waals surface area contributed by atoms with Gasteiger partial charge in [-0.1, -0.05) is 40.9 Å². The standard InChI is InChI=1S/C29H38O7.C29H37O7.C5H8O.C2H7N.ClH/c2*1-14-17-8-9-18-27-13-33-29(28(18,20(14)30)23(17)35-26(4,5)36-29)21(31)19(27)25(2,3)12-16-11-15-7-6-10-32-24(15)34-22(16)27;1-2-4-6-5-3-1;1-3-2;/h15,17-19,21,23-24,31H,1,6-13H2,2-5H3;15,17-19,21,23-24,31H,1,4,6-13H2,2-3,5H3;2,4H,1,3,5H2;3H,1-2H3;1H/q;+1;;;/t15-,17+,18+,19-,21+,23-,24+,27+,28+,29-;15-,17-,18-,19+,21-,23+,24+,26?,27-,28-,29+;;;/m10.../s1. The molecular formula is C65H91ClNO15+. The predicted octanol–water partition coefficient (Wildman–Crippen LogP) is 9.08. The van der Waals surface area contributed by atoms with Gasteiger partial charge in [-0.2, -0.15) is 0 Å². The van der Waals surface area contributed by atoms with Crippen LogP contribution in [0.3, 0.4) is 0 Å². The largest absolute Gasteiger partial charge is 0.502 e. The van der Waals surface area contributed by atoms with Gasteiger partial charge in [-0.05, 0) is 169 Å². The first-order valence-corrected chi connectivity index (χ1v) is 31.0. The lowest BCUT2D eigenvalue weighted by molar-refractivity contribution is -0.527. The predicted molar refractivity (Wildman–Crippen MR) is 300 cm³/mol. The molecule has 8 aliphatic carbocycles. The van der Waals surface area contributed by atoms with Crippen LogP contribution in [0.5, 0.6) is 0 Å². The van der Waals surface area contributed by atoms with Gasteiger partial charge in [0.25, 0.3) is 0 Å². The third-order valence-corrected chi connectivity index (χ3v) is 23.6. The summed E-state index contributed by atoms with van der Waals surface area (Å²) in [6, 6.07) is 0. The number of fused-ring (bicyclic) bond motifs is 4. The molecule has 19 aliphatic rings. The van der Waals surface area contributed by atoms with Crippen molar-refractivity contribution >= 4 is 24.0 Å². The minimum atomic E-state index is -1.52. The van der Waals surface area contributed by atoms with E-state index in [9.17, 15) is 19.8 Å². The zero-order valence-corrected chi connectivity index (χ0v) is 50.7. The number of rotatable bonds is 0. The summed E-state index contributed by atoms with van der Waals surface area (Å²) in [5.74, 6) is -3.63. The minimum absolute atomic E-state index is 0. The van der Waals surface area contributed by atoms with Crippen LogP contribution in [-0.2, 0) is 61.7 Å². The van der Waals surface area contributed by atoms with Crippen LogP contribution in [-0.4, -0.2) is 129 Å². The Bertz CT molecular complexity index is 2610. The van der Waals surface area contributed by atoms with Gasteiger partial charge in [0, 0.05) is 42.4 Å². The smallest absolute Gasteiger partial charge is 0.314 e. The van der Waals surface area contributed by atoms with E-state index in [1.807, 2.05) is 34.0 Å². The summed E-state index contributed by atoms with van der Waals surface area (Å²) in [6.45, 7) is 30.2. The maximum atomic E-state index is 14.4. The molecule has 8 bridgehead atoms. The van der Waals surface area contributed by atoms with E-state index >= 15 is 0 Å². The summed E-state index contributed by atoms with van der Waals surface area (Å²) in [5, 5.41) is 27.6. The quantitative estimate of drug-likeness (QED) is 0.154. The van der Waals surface area contributed by atoms with Gasteiger partial charge < -0.3 is 62.9 Å². The Labute approximate surface area is 490 Å². The highest BCUT2D eigenvalue weighted by molar-refractivity contribution is 6.06. The van der Waals surface area contributed by atoms with E-state index in [-0.39, 0.29) is 82.9 Å². The summed E-state index contributed by atoms with van der Waals surface area (Å²) in [5.41, 5.74) is -0.249. The molecule has 8 saturated heterocycles. The first kappa shape index (κ1) is 58.2. The van der Waals surface area contributed by atoms with Crippen molar-refractivity contribution in [3.63, 3.8) is 0 Å². The summed E-state index contributed by atoms with van der Waals surface area (Å²) >= 11 is 0. The third-order valence-electron chi connectivity index (χ3n) is 23.6. The van der Waals surface area contributed by atoms with Crippen LogP contribution < -0.4 is 5.32 Å². The average molecular weight is 1160 g/mol. The minimum Gasteiger partial charge on any atom is -0.502 e. The van der Waals surface area contributed by atoms with Crippen molar-refractivity contribution in [1.29, 1.82) is 0 Å². The van der Waals surface area contributed by atoms with Crippen molar-refractivity contribution in [2.45, 2.75) is 199 Å². The molecule has 0 aromatic carbocycles. The molecule has 6 saturated carbocycles. The Morgan fingerprint density at radius 3 is 1.52 bits per heavy atom. The molecule has 0 aromatic rings. The fourth-order valence-corrected chi connectivity index (χ4v) is 21.8. The summed E-state index contributed by atoms with van der Waals surface area (Å²) in [6.07, 6.45) is 13.9. The number of hydrogen-bond donors (Lipinski definition) is 3. The Kier molecular flexibility index (Phi) is 13.5. The molecular weight excluding hydrogens is 1070 g/mol. The van der Waals surface area contributed by atoms with Gasteiger partial charge in [-0.3, -0.25) is 14.3 Å². The molecule has 3 N–H and O–H groups in total. The van der Waals surface area contributed by atoms with Crippen molar-refractivity contribution in [1.82, 2.24) is 5.32 Å². The zero-order chi connectivity index (χ0) is 57.0. The number of ether oxygens (including phenoxy) is 11. The Morgan fingerprint density at radius 2 is 1.10 bits per heavy atom. The van der Waals surface area contributed by atoms with E-state index < -0.39 is 69.2 Å². The fourth-order valence-electron chi connectivity index (χ4n) is 21.8. The second-order valence-corrected chi connectivity index (χ2v) is 29.6. The Balaban J connectivity index is 0.000000133. The molecule has 19 rings (SSSR count). The number of aliphatic hydroxyl groups excluding tert-OH is 2. The molecule has 0 aromatic heterocycles. The summed E-state index contributed by atoms with van der Waals surface area (Å²) < 4.78 is 70.6. The summed E-state index contributed by atoms with van der Waals surface area (Å²) in [4.78, 5) is 28.8. The van der Waals surface area contributed by atoms with Crippen LogP contribution in [0.2, 0.25) is 0 Å². The van der Waals surface area contributed by atoms with Crippen LogP contribution in [0.25, 0.3) is 0 Å². The molecule has 452 valence electrons. The molecule has 0 radical (unpaired) electrons. The fraction of sp³-hybridized carbons (Fsp3) is 0.800. The van der Waals surface area contributed by atoms with Crippen LogP contribution in [0, 0.1) is 86.8 Å². The Morgan fingerprint density at radius 1 is 0.634 bits per heavy atom. The van der Waals surface area contributed by atoms with Crippen LogP contribution >= 0.6 is 12.4 Å². The van der Waals surface area contributed by atoms with Crippen molar-refractivity contribution in [3.8, 4) is 0 Å². The highest BCUT2D eigenvalue weighted by atomic mass is 35.5. The van der Waals surface area contributed by atoms with E-state index in [4.69, 9.17) is 52.1 Å². The molecule has 1 unspecified atom stereocenters. The van der Waals surface area contributed by atoms with Gasteiger partial charge in [-0.15, -0.1) is 12.4 Å². The number of halogens is 1. The number of allylic oxidation sites excluding steroid dienone is 3. The highest BCUT2D eigenvalue weighted by Crippen LogP contribution is 2.83. The number of nitrogens with one attached hydrogen (secondary N) is 1. The van der Waals surface area contributed by atoms with Crippen molar-refractivity contribution in [2.24, 2.45) is 79.8 Å². The number of aliphatic hydroxyl groups is 2. The molecule has 6 spiro atoms. The van der Waals surface area contributed by atoms with Gasteiger partial charge >= 0.3 is 5.79 Å². The zero-order valence-electron chi connectivity index (χ0n) is 49.9. The van der Waals surface area contributed by atoms with Crippen molar-refractivity contribution in [2.75, 3.05) is 47.1 Å². The highest BCUT2D eigenvalue weighted by Gasteiger charge is 2.93. The average Bonchev–Trinajstić information content (AvgIpc) is 1.17. The topological polar surface area (TPSA) is 188 Å². The van der Waals surface area contributed by atoms with Gasteiger partial charge in [0.15, 0.2) is 17.4 Å². The molecule has 0 amide bonds. The van der Waals surface area contributed by atoms with Gasteiger partial charge in [-0.25, -0.2) is 0 Å². The molecule has 14 fully saturated rings. The maximum absolute atomic E-state index is 14.4. The van der Waals surface area contributed by atoms with Crippen LogP contribution in [0.15, 0.2) is 59.3 Å². The molecule has 82 heavy (non-hydrogen) atoms. The number of hydrogen-bond acceptors (Lipinski definition) is 16. The van der Waals surface area contributed by atoms with E-state index in [1.54, 1.807) is 13.2 Å². The first-order valence-electron chi connectivity index (χ1n) is 31.0. The van der Waals surface area contributed by atoms with Gasteiger partial charge in [0.2, 0.25) is 24.2 Å². The second-order valence-electron chi connectivity index (χ2n) is 29.6. The number of Topliss-reactive ketones (excluding diaryl/α,β-unsaturated/α-hetero) is 2. The lowest BCUT2D eigenvalue weighted by atomic mass is 9.36. The number of carbonyl (C=O) groups is 2. The molecule has 21 atom stereocenters. The van der Waals surface area contributed by atoms with Crippen LogP contribution in [0.4, 0.5) is 0 Å². The molecule has 11 aliphatic heterocycles.